The van der Waals surface area contributed by atoms with Crippen molar-refractivity contribution in [3.8, 4) is 28.0 Å². The van der Waals surface area contributed by atoms with Crippen LogP contribution in [0.1, 0.15) is 117 Å². The van der Waals surface area contributed by atoms with E-state index in [-0.39, 0.29) is 0 Å². The van der Waals surface area contributed by atoms with Crippen LogP contribution in [0.2, 0.25) is 0 Å². The second-order valence-corrected chi connectivity index (χ2v) is 34.5. The highest BCUT2D eigenvalue weighted by Gasteiger charge is 2.05. The van der Waals surface area contributed by atoms with Gasteiger partial charge in [-0.3, -0.25) is 0 Å². The molecule has 20 aromatic rings. The molecule has 0 N–H and O–H groups in total. The molecule has 666 valence electrons. The number of hydrogen-bond acceptors (Lipinski definition) is 1. The van der Waals surface area contributed by atoms with E-state index in [0.29, 0.717) is 0 Å². The molecular weight excluding hydrogens is 1590 g/mol. The first-order chi connectivity index (χ1) is 63.7. The van der Waals surface area contributed by atoms with E-state index in [1.807, 2.05) is 36.4 Å². The maximum Gasteiger partial charge on any atom is 0.118 e. The predicted molar refractivity (Wildman–Crippen MR) is 582 cm³/mol. The molecule has 0 bridgehead atoms. The molecule has 0 unspecified atom stereocenters. The van der Waals surface area contributed by atoms with Crippen molar-refractivity contribution in [2.45, 2.75) is 138 Å². The minimum absolute atomic E-state index is 0.910. The topological polar surface area (TPSA) is 9.23 Å². The lowest BCUT2D eigenvalue weighted by Crippen LogP contribution is -1.89. The zero-order valence-corrected chi connectivity index (χ0v) is 81.8. The van der Waals surface area contributed by atoms with Gasteiger partial charge in [0, 0.05) is 0 Å². The number of benzene rings is 20. The third-order valence-corrected chi connectivity index (χ3v) is 22.8. The van der Waals surface area contributed by atoms with Gasteiger partial charge in [-0.25, -0.2) is 0 Å². The summed E-state index contributed by atoms with van der Waals surface area (Å²) >= 11 is 0. The van der Waals surface area contributed by atoms with Crippen molar-refractivity contribution >= 4 is 53.9 Å². The molecule has 1 nitrogen and oxygen atoms in total. The molecule has 20 rings (SSSR count). The zero-order valence-electron chi connectivity index (χ0n) is 81.8. The molecule has 0 radical (unpaired) electrons. The Morgan fingerprint density at radius 3 is 0.803 bits per heavy atom. The summed E-state index contributed by atoms with van der Waals surface area (Å²) in [6.07, 6.45) is 0.976. The second kappa shape index (κ2) is 54.1. The number of hydrogen-bond donors (Lipinski definition) is 0. The number of aryl methyl sites for hydroxylation is 19. The Kier molecular flexibility index (Phi) is 41.5. The molecule has 0 aliphatic heterocycles. The van der Waals surface area contributed by atoms with Crippen molar-refractivity contribution in [1.29, 1.82) is 0 Å². The highest BCUT2D eigenvalue weighted by atomic mass is 16.5. The molecule has 0 aromatic heterocycles. The van der Waals surface area contributed by atoms with Crippen LogP contribution in [0.3, 0.4) is 0 Å². The van der Waals surface area contributed by atoms with E-state index in [2.05, 4.69) is 544 Å². The first-order valence-electron chi connectivity index (χ1n) is 46.1. The standard InChI is InChI=1S/C15H16O.C15H12.C14H14.C13H12.C12H12.2C11H10.C9H12.3C8H10.C7H8/c1-12-3-5-13(6-4-12)11-14-7-9-15(16-2)10-8-14;1-11-14-8-4-2-6-12(14)10-13-7-3-5-9-15(11)13;1-11-3-7-13(8-4-11)14-9-5-12(2)6-10-14;1-11-7-9-13(10-8-11)12-5-3-2-4-6-12;1-9-7-8-10(2)12-6-4-3-5-11(9)12;1-9-5-4-7-10-6-2-3-8-11(9)10;1-9-6-7-10-4-2-3-5-11(10)8-9;1-7-4-5-8(2)9(3)6-7;1-7-3-5-8(2)6-4-7;2*1-7-4-3-5-8(2)6-7;1-7-5-3-2-4-6-7/h3-10H,11H2,1-2H3;2-10H,1H3;3-10H,1-2H3;2-10H,1H3;3-8H,1-2H3;2*2-8H,1H3;4-6H,1-3H3;3*3-6H,1-2H3;2-6H,1H3. The highest BCUT2D eigenvalue weighted by molar-refractivity contribution is 6.02. The van der Waals surface area contributed by atoms with Crippen LogP contribution in [0.15, 0.2) is 449 Å². The van der Waals surface area contributed by atoms with E-state index in [0.717, 1.165) is 12.2 Å². The Balaban J connectivity index is 0.000000163. The van der Waals surface area contributed by atoms with Gasteiger partial charge in [0.05, 0.1) is 7.11 Å². The largest absolute Gasteiger partial charge is 0.497 e. The summed E-state index contributed by atoms with van der Waals surface area (Å²) in [7, 11) is 1.69. The lowest BCUT2D eigenvalue weighted by atomic mass is 9.98. The number of methoxy groups -OCH3 is 1. The van der Waals surface area contributed by atoms with Crippen LogP contribution in [-0.2, 0) is 6.42 Å². The zero-order chi connectivity index (χ0) is 94.5. The molecule has 0 amide bonds. The fourth-order valence-corrected chi connectivity index (χ4v) is 14.8. The van der Waals surface area contributed by atoms with Gasteiger partial charge in [0.2, 0.25) is 0 Å². The van der Waals surface area contributed by atoms with Gasteiger partial charge in [0.25, 0.3) is 0 Å². The normalized spacial score (nSPS) is 10.0. The molecule has 0 heterocycles. The van der Waals surface area contributed by atoms with Crippen LogP contribution in [0.4, 0.5) is 0 Å². The fourth-order valence-electron chi connectivity index (χ4n) is 14.8. The first-order valence-corrected chi connectivity index (χ1v) is 46.1. The number of rotatable bonds is 5. The van der Waals surface area contributed by atoms with Crippen molar-refractivity contribution in [2.24, 2.45) is 0 Å². The van der Waals surface area contributed by atoms with E-state index >= 15 is 0 Å². The average molecular weight is 1730 g/mol. The summed E-state index contributed by atoms with van der Waals surface area (Å²) in [5.74, 6) is 0.910. The molecule has 132 heavy (non-hydrogen) atoms. The smallest absolute Gasteiger partial charge is 0.118 e. The van der Waals surface area contributed by atoms with E-state index in [1.54, 1.807) is 7.11 Å². The molecular formula is C131H136O. The Morgan fingerprint density at radius 1 is 0.152 bits per heavy atom. The van der Waals surface area contributed by atoms with Crippen molar-refractivity contribution in [3.63, 3.8) is 0 Å². The van der Waals surface area contributed by atoms with Crippen LogP contribution in [0.5, 0.6) is 5.75 Å². The SMILES string of the molecule is COc1ccc(Cc2ccc(C)cc2)cc1.Cc1c2ccccc2cc2ccccc12.Cc1ccc(-c2ccc(C)cc2)cc1.Cc1ccc(-c2ccccc2)cc1.Cc1ccc(C)c(C)c1.Cc1ccc(C)c2ccccc12.Cc1ccc(C)cc1.Cc1ccc2ccccc2c1.Cc1cccc(C)c1.Cc1cccc(C)c1.Cc1cccc2ccccc12.Cc1ccccc1. The Labute approximate surface area is 791 Å². The fraction of sp³-hybridized carbons (Fsp3) is 0.160. The summed E-state index contributed by atoms with van der Waals surface area (Å²) in [4.78, 5) is 0. The Morgan fingerprint density at radius 2 is 0.424 bits per heavy atom. The number of fused-ring (bicyclic) bond motifs is 5. The molecule has 0 fully saturated rings. The van der Waals surface area contributed by atoms with Gasteiger partial charge in [0.1, 0.15) is 5.75 Å². The molecule has 20 aromatic carbocycles. The Bertz CT molecular complexity index is 6530. The second-order valence-electron chi connectivity index (χ2n) is 34.5. The van der Waals surface area contributed by atoms with Crippen molar-refractivity contribution in [2.75, 3.05) is 7.11 Å². The minimum atomic E-state index is 0.910. The predicted octanol–water partition coefficient (Wildman–Crippen LogP) is 36.8. The Hall–Kier alpha value is -14.5. The van der Waals surface area contributed by atoms with Crippen LogP contribution < -0.4 is 4.74 Å². The lowest BCUT2D eigenvalue weighted by molar-refractivity contribution is 0.414. The highest BCUT2D eigenvalue weighted by Crippen LogP contribution is 2.29. The molecule has 1 heteroatoms. The number of ether oxygens (including phenoxy) is 1. The van der Waals surface area contributed by atoms with Crippen LogP contribution >= 0.6 is 0 Å². The third kappa shape index (κ3) is 35.2. The van der Waals surface area contributed by atoms with Crippen LogP contribution in [0.25, 0.3) is 76.1 Å². The van der Waals surface area contributed by atoms with E-state index in [4.69, 9.17) is 4.74 Å². The van der Waals surface area contributed by atoms with Gasteiger partial charge < -0.3 is 4.74 Å². The van der Waals surface area contributed by atoms with Crippen LogP contribution in [-0.4, -0.2) is 7.11 Å². The van der Waals surface area contributed by atoms with Crippen molar-refractivity contribution in [3.05, 3.63) is 566 Å². The monoisotopic (exact) mass is 1730 g/mol. The van der Waals surface area contributed by atoms with Gasteiger partial charge in [0.15, 0.2) is 0 Å². The molecule has 0 spiro atoms. The average Bonchev–Trinajstić information content (AvgIpc) is 0.789. The molecule has 0 saturated heterocycles. The van der Waals surface area contributed by atoms with Gasteiger partial charge in [-0.15, -0.1) is 0 Å². The van der Waals surface area contributed by atoms with E-state index in [9.17, 15) is 0 Å². The van der Waals surface area contributed by atoms with Crippen molar-refractivity contribution < 1.29 is 4.74 Å². The summed E-state index contributed by atoms with van der Waals surface area (Å²) in [5, 5.41) is 13.4. The minimum Gasteiger partial charge on any atom is -0.497 e. The first kappa shape index (κ1) is 101. The molecule has 0 atom stereocenters. The maximum atomic E-state index is 5.14. The summed E-state index contributed by atoms with van der Waals surface area (Å²) in [6.45, 7) is 40.3. The molecule has 0 aliphatic carbocycles. The van der Waals surface area contributed by atoms with E-state index < -0.39 is 0 Å². The van der Waals surface area contributed by atoms with Gasteiger partial charge in [-0.1, -0.05) is 503 Å². The summed E-state index contributed by atoms with van der Waals surface area (Å²) < 4.78 is 5.14. The van der Waals surface area contributed by atoms with Gasteiger partial charge >= 0.3 is 0 Å². The lowest BCUT2D eigenvalue weighted by Gasteiger charge is -2.06. The molecule has 0 saturated carbocycles. The quantitative estimate of drug-likeness (QED) is 0.156. The third-order valence-electron chi connectivity index (χ3n) is 22.8. The van der Waals surface area contributed by atoms with Gasteiger partial charge in [-0.05, 0) is 277 Å². The summed E-state index contributed by atoms with van der Waals surface area (Å²) in [5.41, 5.74) is 33.2. The maximum absolute atomic E-state index is 5.14. The summed E-state index contributed by atoms with van der Waals surface area (Å²) in [6, 6.07) is 157. The van der Waals surface area contributed by atoms with Crippen LogP contribution in [0, 0.1) is 132 Å². The molecule has 0 aliphatic rings. The van der Waals surface area contributed by atoms with E-state index in [1.165, 1.54) is 193 Å². The van der Waals surface area contributed by atoms with Crippen molar-refractivity contribution in [1.82, 2.24) is 0 Å². The van der Waals surface area contributed by atoms with Gasteiger partial charge in [-0.2, -0.15) is 0 Å².